The zero-order chi connectivity index (χ0) is 13.0. The third kappa shape index (κ3) is 2.50. The minimum atomic E-state index is -0.275. The number of nitrogens with zero attached hydrogens (tertiary/aromatic N) is 3. The lowest BCUT2D eigenvalue weighted by Gasteiger charge is -2.06. The number of nitriles is 1. The van der Waals surface area contributed by atoms with Crippen molar-refractivity contribution in [3.63, 3.8) is 0 Å². The molecule has 0 saturated heterocycles. The first kappa shape index (κ1) is 11.7. The van der Waals surface area contributed by atoms with Crippen LogP contribution in [0.5, 0.6) is 0 Å². The summed E-state index contributed by atoms with van der Waals surface area (Å²) in [4.78, 5) is 19.8. The van der Waals surface area contributed by atoms with Crippen molar-refractivity contribution in [2.45, 2.75) is 6.92 Å². The summed E-state index contributed by atoms with van der Waals surface area (Å²) in [7, 11) is 0. The quantitative estimate of drug-likeness (QED) is 0.866. The van der Waals surface area contributed by atoms with Gasteiger partial charge in [0.05, 0.1) is 16.9 Å². The van der Waals surface area contributed by atoms with Crippen molar-refractivity contribution in [3.05, 3.63) is 53.6 Å². The molecular weight excluding hydrogens is 228 g/mol. The molecule has 0 spiro atoms. The van der Waals surface area contributed by atoms with E-state index in [0.717, 1.165) is 5.69 Å². The van der Waals surface area contributed by atoms with Crippen LogP contribution in [-0.4, -0.2) is 15.9 Å². The number of hydrogen-bond donors (Lipinski definition) is 1. The van der Waals surface area contributed by atoms with Crippen LogP contribution in [0.15, 0.2) is 36.7 Å². The van der Waals surface area contributed by atoms with Crippen molar-refractivity contribution in [2.75, 3.05) is 5.32 Å². The van der Waals surface area contributed by atoms with Crippen molar-refractivity contribution < 1.29 is 4.79 Å². The number of hydrogen-bond acceptors (Lipinski definition) is 4. The lowest BCUT2D eigenvalue weighted by Crippen LogP contribution is -2.13. The fourth-order valence-electron chi connectivity index (χ4n) is 1.41. The Morgan fingerprint density at radius 2 is 2.17 bits per heavy atom. The zero-order valence-electron chi connectivity index (χ0n) is 9.71. The molecule has 0 aliphatic heterocycles. The highest BCUT2D eigenvalue weighted by atomic mass is 16.1. The van der Waals surface area contributed by atoms with E-state index in [1.165, 1.54) is 12.3 Å². The van der Waals surface area contributed by atoms with Crippen LogP contribution in [0.1, 0.15) is 21.7 Å². The smallest absolute Gasteiger partial charge is 0.257 e. The Morgan fingerprint density at radius 3 is 2.78 bits per heavy atom. The Balaban J connectivity index is 2.17. The standard InChI is InChI=1S/C13H10N4O/c1-9-12(3-2-6-15-9)17-13(18)10-4-5-11(7-14)16-8-10/h2-6,8H,1H3,(H,17,18). The first-order chi connectivity index (χ1) is 8.70. The number of anilines is 1. The van der Waals surface area contributed by atoms with Gasteiger partial charge in [-0.05, 0) is 31.2 Å². The number of rotatable bonds is 2. The topological polar surface area (TPSA) is 78.7 Å². The number of nitrogens with one attached hydrogen (secondary N) is 1. The van der Waals surface area contributed by atoms with Crippen molar-refractivity contribution in [1.82, 2.24) is 9.97 Å². The van der Waals surface area contributed by atoms with E-state index in [2.05, 4.69) is 15.3 Å². The number of carbonyl (C=O) groups excluding carboxylic acids is 1. The molecule has 0 unspecified atom stereocenters. The Morgan fingerprint density at radius 1 is 1.33 bits per heavy atom. The fraction of sp³-hybridized carbons (Fsp3) is 0.0769. The first-order valence-corrected chi connectivity index (χ1v) is 5.30. The molecule has 0 aliphatic rings. The molecule has 0 aromatic carbocycles. The summed E-state index contributed by atoms with van der Waals surface area (Å²) in [5.41, 5.74) is 2.08. The predicted molar refractivity (Wildman–Crippen MR) is 65.9 cm³/mol. The second kappa shape index (κ2) is 5.06. The predicted octanol–water partition coefficient (Wildman–Crippen LogP) is 1.91. The van der Waals surface area contributed by atoms with E-state index in [4.69, 9.17) is 5.26 Å². The Hall–Kier alpha value is -2.74. The molecule has 18 heavy (non-hydrogen) atoms. The molecule has 2 aromatic heterocycles. The Kier molecular flexibility index (Phi) is 3.30. The van der Waals surface area contributed by atoms with Gasteiger partial charge >= 0.3 is 0 Å². The van der Waals surface area contributed by atoms with Gasteiger partial charge in [-0.1, -0.05) is 0 Å². The molecular formula is C13H10N4O. The molecule has 2 heterocycles. The fourth-order valence-corrected chi connectivity index (χ4v) is 1.41. The van der Waals surface area contributed by atoms with E-state index in [9.17, 15) is 4.79 Å². The van der Waals surface area contributed by atoms with Crippen LogP contribution in [0.2, 0.25) is 0 Å². The normalized spacial score (nSPS) is 9.56. The van der Waals surface area contributed by atoms with Crippen molar-refractivity contribution in [3.8, 4) is 6.07 Å². The van der Waals surface area contributed by atoms with Gasteiger partial charge in [0.2, 0.25) is 0 Å². The molecule has 2 aromatic rings. The lowest BCUT2D eigenvalue weighted by molar-refractivity contribution is 0.102. The second-order valence-corrected chi connectivity index (χ2v) is 3.63. The minimum absolute atomic E-state index is 0.275. The summed E-state index contributed by atoms with van der Waals surface area (Å²) in [6.45, 7) is 1.81. The molecule has 5 heteroatoms. The summed E-state index contributed by atoms with van der Waals surface area (Å²) in [5.74, 6) is -0.275. The van der Waals surface area contributed by atoms with Crippen LogP contribution in [-0.2, 0) is 0 Å². The molecule has 2 rings (SSSR count). The number of aryl methyl sites for hydroxylation is 1. The highest BCUT2D eigenvalue weighted by molar-refractivity contribution is 6.04. The van der Waals surface area contributed by atoms with E-state index >= 15 is 0 Å². The van der Waals surface area contributed by atoms with E-state index in [0.29, 0.717) is 11.3 Å². The third-order valence-corrected chi connectivity index (χ3v) is 2.40. The molecule has 0 fully saturated rings. The van der Waals surface area contributed by atoms with Crippen LogP contribution >= 0.6 is 0 Å². The largest absolute Gasteiger partial charge is 0.320 e. The first-order valence-electron chi connectivity index (χ1n) is 5.30. The summed E-state index contributed by atoms with van der Waals surface area (Å²) in [6, 6.07) is 8.49. The van der Waals surface area contributed by atoms with Crippen molar-refractivity contribution in [1.29, 1.82) is 5.26 Å². The van der Waals surface area contributed by atoms with Gasteiger partial charge in [0.25, 0.3) is 5.91 Å². The van der Waals surface area contributed by atoms with Gasteiger partial charge in [0, 0.05) is 12.4 Å². The maximum atomic E-state index is 11.9. The monoisotopic (exact) mass is 238 g/mol. The van der Waals surface area contributed by atoms with Gasteiger partial charge in [-0.25, -0.2) is 4.98 Å². The average molecular weight is 238 g/mol. The number of aromatic nitrogens is 2. The zero-order valence-corrected chi connectivity index (χ0v) is 9.71. The molecule has 5 nitrogen and oxygen atoms in total. The van der Waals surface area contributed by atoms with E-state index in [-0.39, 0.29) is 11.6 Å². The number of carbonyl (C=O) groups is 1. The Bertz CT molecular complexity index is 614. The maximum Gasteiger partial charge on any atom is 0.257 e. The minimum Gasteiger partial charge on any atom is -0.320 e. The molecule has 1 amide bonds. The summed E-state index contributed by atoms with van der Waals surface area (Å²) in [6.07, 6.45) is 3.04. The average Bonchev–Trinajstić information content (AvgIpc) is 2.41. The van der Waals surface area contributed by atoms with Crippen molar-refractivity contribution >= 4 is 11.6 Å². The molecule has 0 atom stereocenters. The molecule has 0 bridgehead atoms. The maximum absolute atomic E-state index is 11.9. The van der Waals surface area contributed by atoms with Gasteiger partial charge in [-0.15, -0.1) is 0 Å². The molecule has 1 N–H and O–H groups in total. The summed E-state index contributed by atoms with van der Waals surface area (Å²) >= 11 is 0. The SMILES string of the molecule is Cc1ncccc1NC(=O)c1ccc(C#N)nc1. The van der Waals surface area contributed by atoms with Gasteiger partial charge in [-0.3, -0.25) is 9.78 Å². The molecule has 0 saturated carbocycles. The van der Waals surface area contributed by atoms with Crippen LogP contribution in [0.3, 0.4) is 0 Å². The highest BCUT2D eigenvalue weighted by Gasteiger charge is 2.08. The van der Waals surface area contributed by atoms with E-state index in [1.807, 2.05) is 13.0 Å². The highest BCUT2D eigenvalue weighted by Crippen LogP contribution is 2.12. The van der Waals surface area contributed by atoms with Crippen LogP contribution in [0.25, 0.3) is 0 Å². The number of pyridine rings is 2. The van der Waals surface area contributed by atoms with Gasteiger partial charge < -0.3 is 5.32 Å². The summed E-state index contributed by atoms with van der Waals surface area (Å²) < 4.78 is 0. The van der Waals surface area contributed by atoms with Gasteiger partial charge in [0.15, 0.2) is 0 Å². The van der Waals surface area contributed by atoms with Crippen LogP contribution in [0.4, 0.5) is 5.69 Å². The second-order valence-electron chi connectivity index (χ2n) is 3.63. The van der Waals surface area contributed by atoms with Crippen molar-refractivity contribution in [2.24, 2.45) is 0 Å². The van der Waals surface area contributed by atoms with E-state index in [1.54, 1.807) is 24.4 Å². The lowest BCUT2D eigenvalue weighted by atomic mass is 10.2. The third-order valence-electron chi connectivity index (χ3n) is 2.40. The summed E-state index contributed by atoms with van der Waals surface area (Å²) in [5, 5.41) is 11.4. The van der Waals surface area contributed by atoms with E-state index < -0.39 is 0 Å². The van der Waals surface area contributed by atoms with Gasteiger partial charge in [0.1, 0.15) is 11.8 Å². The Labute approximate surface area is 104 Å². The van der Waals surface area contributed by atoms with Crippen LogP contribution in [0, 0.1) is 18.3 Å². The molecule has 0 radical (unpaired) electrons. The van der Waals surface area contributed by atoms with Gasteiger partial charge in [-0.2, -0.15) is 5.26 Å². The molecule has 88 valence electrons. The molecule has 0 aliphatic carbocycles. The number of amides is 1. The van der Waals surface area contributed by atoms with Crippen LogP contribution < -0.4 is 5.32 Å².